The predicted octanol–water partition coefficient (Wildman–Crippen LogP) is 4.49. The van der Waals surface area contributed by atoms with Crippen LogP contribution in [0.25, 0.3) is 0 Å². The van der Waals surface area contributed by atoms with E-state index in [1.165, 1.54) is 36.8 Å². The van der Waals surface area contributed by atoms with Crippen LogP contribution >= 0.6 is 11.6 Å². The molecule has 2 rings (SSSR count). The van der Waals surface area contributed by atoms with Crippen molar-refractivity contribution in [3.8, 4) is 0 Å². The largest absolute Gasteiger partial charge is 0.310 e. The van der Waals surface area contributed by atoms with Crippen LogP contribution in [-0.4, -0.2) is 6.54 Å². The summed E-state index contributed by atoms with van der Waals surface area (Å²) in [5.74, 6) is 0.784. The minimum absolute atomic E-state index is 0.487. The second-order valence-electron chi connectivity index (χ2n) is 5.03. The molecule has 1 atom stereocenters. The Balaban J connectivity index is 2.27. The van der Waals surface area contributed by atoms with Crippen molar-refractivity contribution in [2.45, 2.75) is 45.6 Å². The molecule has 94 valence electrons. The lowest BCUT2D eigenvalue weighted by molar-refractivity contribution is 0.373. The number of halogens is 1. The predicted molar refractivity (Wildman–Crippen MR) is 74.6 cm³/mol. The van der Waals surface area contributed by atoms with Gasteiger partial charge in [0.2, 0.25) is 0 Å². The van der Waals surface area contributed by atoms with Crippen LogP contribution < -0.4 is 5.32 Å². The second kappa shape index (κ2) is 5.88. The maximum atomic E-state index is 6.24. The average Bonchev–Trinajstić information content (AvgIpc) is 2.84. The van der Waals surface area contributed by atoms with Crippen molar-refractivity contribution in [3.05, 3.63) is 34.3 Å². The van der Waals surface area contributed by atoms with Gasteiger partial charge in [0.25, 0.3) is 0 Å². The van der Waals surface area contributed by atoms with E-state index < -0.39 is 0 Å². The van der Waals surface area contributed by atoms with Gasteiger partial charge in [-0.1, -0.05) is 43.5 Å². The lowest BCUT2D eigenvalue weighted by Gasteiger charge is -2.26. The summed E-state index contributed by atoms with van der Waals surface area (Å²) in [7, 11) is 0. The highest BCUT2D eigenvalue weighted by atomic mass is 35.5. The Hall–Kier alpha value is -0.530. The van der Waals surface area contributed by atoms with Crippen molar-refractivity contribution in [2.75, 3.05) is 6.54 Å². The van der Waals surface area contributed by atoms with E-state index >= 15 is 0 Å². The molecule has 1 aromatic rings. The maximum absolute atomic E-state index is 6.24. The Labute approximate surface area is 110 Å². The lowest BCUT2D eigenvalue weighted by atomic mass is 9.89. The molecule has 1 N–H and O–H groups in total. The van der Waals surface area contributed by atoms with E-state index in [0.29, 0.717) is 6.04 Å². The first-order valence-corrected chi connectivity index (χ1v) is 7.10. The molecule has 0 amide bonds. The van der Waals surface area contributed by atoms with Gasteiger partial charge in [-0.15, -0.1) is 0 Å². The molecule has 0 aliphatic heterocycles. The molecule has 1 unspecified atom stereocenters. The van der Waals surface area contributed by atoms with E-state index in [0.717, 1.165) is 17.5 Å². The third-order valence-corrected chi connectivity index (χ3v) is 4.35. The summed E-state index contributed by atoms with van der Waals surface area (Å²) in [5.41, 5.74) is 2.64. The summed E-state index contributed by atoms with van der Waals surface area (Å²) in [6.07, 6.45) is 5.46. The molecule has 1 aliphatic carbocycles. The quantitative estimate of drug-likeness (QED) is 0.832. The number of hydrogen-bond acceptors (Lipinski definition) is 1. The Morgan fingerprint density at radius 3 is 2.71 bits per heavy atom. The van der Waals surface area contributed by atoms with E-state index in [2.05, 4.69) is 31.3 Å². The van der Waals surface area contributed by atoms with E-state index in [9.17, 15) is 0 Å². The zero-order chi connectivity index (χ0) is 12.3. The van der Waals surface area contributed by atoms with E-state index in [1.54, 1.807) is 0 Å². The zero-order valence-electron chi connectivity index (χ0n) is 10.8. The van der Waals surface area contributed by atoms with Crippen LogP contribution in [0.2, 0.25) is 5.02 Å². The summed E-state index contributed by atoms with van der Waals surface area (Å²) in [5, 5.41) is 4.54. The van der Waals surface area contributed by atoms with Crippen molar-refractivity contribution in [3.63, 3.8) is 0 Å². The molecule has 0 aromatic heterocycles. The van der Waals surface area contributed by atoms with Crippen molar-refractivity contribution < 1.29 is 0 Å². The molecule has 0 saturated heterocycles. The lowest BCUT2D eigenvalue weighted by Crippen LogP contribution is -2.27. The van der Waals surface area contributed by atoms with Crippen LogP contribution in [0.3, 0.4) is 0 Å². The number of rotatable bonds is 4. The fourth-order valence-electron chi connectivity index (χ4n) is 3.00. The highest BCUT2D eigenvalue weighted by molar-refractivity contribution is 6.31. The van der Waals surface area contributed by atoms with Gasteiger partial charge >= 0.3 is 0 Å². The Morgan fingerprint density at radius 1 is 1.35 bits per heavy atom. The van der Waals surface area contributed by atoms with E-state index in [-0.39, 0.29) is 0 Å². The summed E-state index contributed by atoms with van der Waals surface area (Å²) in [6, 6.07) is 6.77. The Morgan fingerprint density at radius 2 is 2.06 bits per heavy atom. The first kappa shape index (κ1) is 12.9. The SMILES string of the molecule is CCNC(c1cccc(Cl)c1C)C1CCCC1. The van der Waals surface area contributed by atoms with Crippen LogP contribution in [0, 0.1) is 12.8 Å². The Kier molecular flexibility index (Phi) is 4.47. The third-order valence-electron chi connectivity index (χ3n) is 3.94. The molecule has 1 aliphatic rings. The molecule has 0 heterocycles. The second-order valence-corrected chi connectivity index (χ2v) is 5.44. The van der Waals surface area contributed by atoms with Crippen LogP contribution in [-0.2, 0) is 0 Å². The molecule has 1 nitrogen and oxygen atoms in total. The van der Waals surface area contributed by atoms with Crippen molar-refractivity contribution >= 4 is 11.6 Å². The van der Waals surface area contributed by atoms with E-state index in [4.69, 9.17) is 11.6 Å². The molecule has 17 heavy (non-hydrogen) atoms. The van der Waals surface area contributed by atoms with Crippen LogP contribution in [0.5, 0.6) is 0 Å². The topological polar surface area (TPSA) is 12.0 Å². The van der Waals surface area contributed by atoms with Crippen LogP contribution in [0.15, 0.2) is 18.2 Å². The van der Waals surface area contributed by atoms with Gasteiger partial charge < -0.3 is 5.32 Å². The van der Waals surface area contributed by atoms with Gasteiger partial charge in [0, 0.05) is 11.1 Å². The molecular weight excluding hydrogens is 230 g/mol. The minimum Gasteiger partial charge on any atom is -0.310 e. The molecule has 1 saturated carbocycles. The minimum atomic E-state index is 0.487. The maximum Gasteiger partial charge on any atom is 0.0438 e. The fourth-order valence-corrected chi connectivity index (χ4v) is 3.18. The monoisotopic (exact) mass is 251 g/mol. The van der Waals surface area contributed by atoms with Gasteiger partial charge in [-0.2, -0.15) is 0 Å². The summed E-state index contributed by atoms with van der Waals surface area (Å²) in [6.45, 7) is 5.34. The average molecular weight is 252 g/mol. The van der Waals surface area contributed by atoms with Gasteiger partial charge in [0.15, 0.2) is 0 Å². The van der Waals surface area contributed by atoms with E-state index in [1.807, 2.05) is 6.07 Å². The molecule has 0 radical (unpaired) electrons. The van der Waals surface area contributed by atoms with Gasteiger partial charge in [-0.05, 0) is 49.4 Å². The smallest absolute Gasteiger partial charge is 0.0438 e. The van der Waals surface area contributed by atoms with Crippen molar-refractivity contribution in [1.82, 2.24) is 5.32 Å². The van der Waals surface area contributed by atoms with Gasteiger partial charge in [-0.3, -0.25) is 0 Å². The van der Waals surface area contributed by atoms with Gasteiger partial charge in [0.05, 0.1) is 0 Å². The van der Waals surface area contributed by atoms with Gasteiger partial charge in [-0.25, -0.2) is 0 Å². The first-order chi connectivity index (χ1) is 8.24. The molecule has 2 heteroatoms. The van der Waals surface area contributed by atoms with Gasteiger partial charge in [0.1, 0.15) is 0 Å². The Bertz CT molecular complexity index is 369. The summed E-state index contributed by atoms with van der Waals surface area (Å²) in [4.78, 5) is 0. The van der Waals surface area contributed by atoms with Crippen LogP contribution in [0.1, 0.15) is 49.8 Å². The standard InChI is InChI=1S/C15H22ClN/c1-3-17-15(12-7-4-5-8-12)13-9-6-10-14(16)11(13)2/h6,9-10,12,15,17H,3-5,7-8H2,1-2H3. The molecule has 0 bridgehead atoms. The highest BCUT2D eigenvalue weighted by Gasteiger charge is 2.26. The van der Waals surface area contributed by atoms with Crippen molar-refractivity contribution in [1.29, 1.82) is 0 Å². The summed E-state index contributed by atoms with van der Waals surface area (Å²) >= 11 is 6.24. The molecule has 1 aromatic carbocycles. The van der Waals surface area contributed by atoms with Crippen LogP contribution in [0.4, 0.5) is 0 Å². The normalized spacial score (nSPS) is 18.5. The summed E-state index contributed by atoms with van der Waals surface area (Å²) < 4.78 is 0. The highest BCUT2D eigenvalue weighted by Crippen LogP contribution is 2.37. The number of hydrogen-bond donors (Lipinski definition) is 1. The van der Waals surface area contributed by atoms with Crippen molar-refractivity contribution in [2.24, 2.45) is 5.92 Å². The first-order valence-electron chi connectivity index (χ1n) is 6.72. The zero-order valence-corrected chi connectivity index (χ0v) is 11.6. The number of benzene rings is 1. The molecule has 1 fully saturated rings. The third kappa shape index (κ3) is 2.83. The molecule has 0 spiro atoms. The molecular formula is C15H22ClN. The number of nitrogens with one attached hydrogen (secondary N) is 1. The fraction of sp³-hybridized carbons (Fsp3) is 0.600.